The van der Waals surface area contributed by atoms with Gasteiger partial charge in [0.25, 0.3) is 5.91 Å². The number of pyridine rings is 1. The minimum absolute atomic E-state index is 0.0547. The van der Waals surface area contributed by atoms with Crippen LogP contribution in [0.5, 0.6) is 11.6 Å². The number of carbonyl (C=O) groups is 1. The molecule has 1 aromatic carbocycles. The Morgan fingerprint density at radius 2 is 1.75 bits per heavy atom. The highest BCUT2D eigenvalue weighted by atomic mass is 16.5. The number of aryl methyl sites for hydroxylation is 1. The maximum absolute atomic E-state index is 12.6. The number of hydrogen-bond acceptors (Lipinski definition) is 5. The van der Waals surface area contributed by atoms with Crippen molar-refractivity contribution in [3.8, 4) is 11.6 Å². The van der Waals surface area contributed by atoms with E-state index < -0.39 is 0 Å². The molecule has 0 aliphatic carbocycles. The summed E-state index contributed by atoms with van der Waals surface area (Å²) in [7, 11) is 0. The van der Waals surface area contributed by atoms with E-state index in [4.69, 9.17) is 4.74 Å². The molecule has 1 fully saturated rings. The Morgan fingerprint density at radius 3 is 2.46 bits per heavy atom. The van der Waals surface area contributed by atoms with Crippen LogP contribution in [-0.2, 0) is 0 Å². The van der Waals surface area contributed by atoms with Gasteiger partial charge in [0.2, 0.25) is 5.88 Å². The third-order valence-corrected chi connectivity index (χ3v) is 4.89. The second-order valence-corrected chi connectivity index (χ2v) is 6.92. The van der Waals surface area contributed by atoms with Crippen LogP contribution in [0, 0.1) is 6.92 Å². The highest BCUT2D eigenvalue weighted by Crippen LogP contribution is 2.29. The van der Waals surface area contributed by atoms with E-state index in [1.165, 1.54) is 0 Å². The predicted octanol–water partition coefficient (Wildman–Crippen LogP) is 3.99. The van der Waals surface area contributed by atoms with E-state index in [-0.39, 0.29) is 11.8 Å². The molecule has 28 heavy (non-hydrogen) atoms. The van der Waals surface area contributed by atoms with E-state index in [0.717, 1.165) is 30.1 Å². The molecule has 0 N–H and O–H groups in total. The maximum atomic E-state index is 12.6. The molecule has 1 saturated heterocycles. The average Bonchev–Trinajstić information content (AvgIpc) is 2.74. The third kappa shape index (κ3) is 4.17. The van der Waals surface area contributed by atoms with Gasteiger partial charge in [-0.05, 0) is 44.0 Å². The molecule has 0 spiro atoms. The van der Waals surface area contributed by atoms with Gasteiger partial charge in [0.1, 0.15) is 11.6 Å². The molecule has 3 aromatic rings. The third-order valence-electron chi connectivity index (χ3n) is 4.89. The standard InChI is InChI=1S/C22H22N4O2/c1-16-15-20(28-19-5-3-2-4-6-19)25-21(24-16)17-9-13-26(14-10-17)22(27)18-7-11-23-12-8-18/h2-8,11-12,15,17H,9-10,13-14H2,1H3. The molecule has 4 rings (SSSR count). The van der Waals surface area contributed by atoms with Gasteiger partial charge >= 0.3 is 0 Å². The van der Waals surface area contributed by atoms with Gasteiger partial charge in [-0.2, -0.15) is 4.98 Å². The number of carbonyl (C=O) groups excluding carboxylic acids is 1. The first kappa shape index (κ1) is 18.1. The first-order chi connectivity index (χ1) is 13.7. The van der Waals surface area contributed by atoms with E-state index in [0.29, 0.717) is 24.5 Å². The zero-order chi connectivity index (χ0) is 19.3. The van der Waals surface area contributed by atoms with Crippen molar-refractivity contribution in [2.24, 2.45) is 0 Å². The summed E-state index contributed by atoms with van der Waals surface area (Å²) < 4.78 is 5.89. The van der Waals surface area contributed by atoms with Gasteiger partial charge in [0.15, 0.2) is 0 Å². The van der Waals surface area contributed by atoms with Crippen molar-refractivity contribution < 1.29 is 9.53 Å². The second-order valence-electron chi connectivity index (χ2n) is 6.92. The lowest BCUT2D eigenvalue weighted by Gasteiger charge is -2.31. The van der Waals surface area contributed by atoms with Crippen molar-refractivity contribution in [3.05, 3.63) is 78.0 Å². The summed E-state index contributed by atoms with van der Waals surface area (Å²) in [5.74, 6) is 2.38. The number of nitrogens with zero attached hydrogens (tertiary/aromatic N) is 4. The molecule has 2 aromatic heterocycles. The molecular weight excluding hydrogens is 352 g/mol. The van der Waals surface area contributed by atoms with Crippen LogP contribution < -0.4 is 4.74 Å². The number of benzene rings is 1. The van der Waals surface area contributed by atoms with Crippen LogP contribution in [-0.4, -0.2) is 38.8 Å². The molecule has 1 amide bonds. The van der Waals surface area contributed by atoms with Gasteiger partial charge in [-0.3, -0.25) is 9.78 Å². The van der Waals surface area contributed by atoms with E-state index in [9.17, 15) is 4.79 Å². The van der Waals surface area contributed by atoms with Gasteiger partial charge in [-0.25, -0.2) is 4.98 Å². The van der Waals surface area contributed by atoms with Crippen molar-refractivity contribution in [3.63, 3.8) is 0 Å². The Hall–Kier alpha value is -3.28. The quantitative estimate of drug-likeness (QED) is 0.691. The van der Waals surface area contributed by atoms with Gasteiger partial charge in [-0.15, -0.1) is 0 Å². The molecule has 1 aliphatic rings. The first-order valence-electron chi connectivity index (χ1n) is 9.47. The van der Waals surface area contributed by atoms with Gasteiger partial charge < -0.3 is 9.64 Å². The smallest absolute Gasteiger partial charge is 0.253 e. The summed E-state index contributed by atoms with van der Waals surface area (Å²) >= 11 is 0. The predicted molar refractivity (Wildman–Crippen MR) is 105 cm³/mol. The topological polar surface area (TPSA) is 68.2 Å². The van der Waals surface area contributed by atoms with Gasteiger partial charge in [0.05, 0.1) is 0 Å². The fraction of sp³-hybridized carbons (Fsp3) is 0.273. The number of piperidine rings is 1. The van der Waals surface area contributed by atoms with E-state index in [1.54, 1.807) is 24.5 Å². The molecule has 0 bridgehead atoms. The average molecular weight is 374 g/mol. The zero-order valence-corrected chi connectivity index (χ0v) is 15.8. The fourth-order valence-corrected chi connectivity index (χ4v) is 3.42. The van der Waals surface area contributed by atoms with Gasteiger partial charge in [0, 0.05) is 48.7 Å². The molecule has 0 unspecified atom stereocenters. The number of ether oxygens (including phenoxy) is 1. The molecule has 0 saturated carbocycles. The van der Waals surface area contributed by atoms with E-state index in [2.05, 4.69) is 15.0 Å². The van der Waals surface area contributed by atoms with Crippen molar-refractivity contribution in [2.75, 3.05) is 13.1 Å². The highest BCUT2D eigenvalue weighted by molar-refractivity contribution is 5.94. The Labute approximate surface area is 164 Å². The number of likely N-dealkylation sites (tertiary alicyclic amines) is 1. The molecule has 0 atom stereocenters. The molecule has 6 nitrogen and oxygen atoms in total. The van der Waals surface area contributed by atoms with Gasteiger partial charge in [-0.1, -0.05) is 18.2 Å². The van der Waals surface area contributed by atoms with E-state index >= 15 is 0 Å². The number of aromatic nitrogens is 3. The zero-order valence-electron chi connectivity index (χ0n) is 15.8. The Kier molecular flexibility index (Phi) is 5.28. The normalized spacial score (nSPS) is 14.7. The number of rotatable bonds is 4. The molecule has 142 valence electrons. The summed E-state index contributed by atoms with van der Waals surface area (Å²) in [5, 5.41) is 0. The van der Waals surface area contributed by atoms with Crippen molar-refractivity contribution in [1.82, 2.24) is 19.9 Å². The Balaban J connectivity index is 1.44. The lowest BCUT2D eigenvalue weighted by atomic mass is 9.95. The monoisotopic (exact) mass is 374 g/mol. The summed E-state index contributed by atoms with van der Waals surface area (Å²) in [6, 6.07) is 15.0. The summed E-state index contributed by atoms with van der Waals surface area (Å²) in [5.41, 5.74) is 1.56. The van der Waals surface area contributed by atoms with Crippen molar-refractivity contribution in [2.45, 2.75) is 25.7 Å². The van der Waals surface area contributed by atoms with Crippen LogP contribution in [0.4, 0.5) is 0 Å². The maximum Gasteiger partial charge on any atom is 0.253 e. The molecule has 1 aliphatic heterocycles. The summed E-state index contributed by atoms with van der Waals surface area (Å²) in [6.45, 7) is 3.33. The van der Waals surface area contributed by atoms with E-state index in [1.807, 2.05) is 48.2 Å². The lowest BCUT2D eigenvalue weighted by molar-refractivity contribution is 0.0710. The highest BCUT2D eigenvalue weighted by Gasteiger charge is 2.26. The lowest BCUT2D eigenvalue weighted by Crippen LogP contribution is -2.38. The molecule has 0 radical (unpaired) electrons. The molecular formula is C22H22N4O2. The van der Waals surface area contributed by atoms with Crippen LogP contribution in [0.15, 0.2) is 60.9 Å². The molecule has 6 heteroatoms. The SMILES string of the molecule is Cc1cc(Oc2ccccc2)nc(C2CCN(C(=O)c3ccncc3)CC2)n1. The minimum Gasteiger partial charge on any atom is -0.439 e. The largest absolute Gasteiger partial charge is 0.439 e. The summed E-state index contributed by atoms with van der Waals surface area (Å²) in [4.78, 5) is 27.7. The van der Waals surface area contributed by atoms with Crippen LogP contribution >= 0.6 is 0 Å². The van der Waals surface area contributed by atoms with Crippen LogP contribution in [0.3, 0.4) is 0 Å². The number of hydrogen-bond donors (Lipinski definition) is 0. The minimum atomic E-state index is 0.0547. The van der Waals surface area contributed by atoms with Crippen LogP contribution in [0.25, 0.3) is 0 Å². The fourth-order valence-electron chi connectivity index (χ4n) is 3.42. The van der Waals surface area contributed by atoms with Crippen LogP contribution in [0.2, 0.25) is 0 Å². The number of amides is 1. The number of para-hydroxylation sites is 1. The summed E-state index contributed by atoms with van der Waals surface area (Å²) in [6.07, 6.45) is 4.97. The Bertz CT molecular complexity index is 939. The second kappa shape index (κ2) is 8.17. The Morgan fingerprint density at radius 1 is 1.04 bits per heavy atom. The van der Waals surface area contributed by atoms with Crippen molar-refractivity contribution in [1.29, 1.82) is 0 Å². The van der Waals surface area contributed by atoms with Crippen molar-refractivity contribution >= 4 is 5.91 Å². The van der Waals surface area contributed by atoms with Crippen LogP contribution in [0.1, 0.15) is 40.6 Å². The first-order valence-corrected chi connectivity index (χ1v) is 9.47. The molecule has 3 heterocycles.